The first-order valence-corrected chi connectivity index (χ1v) is 9.35. The van der Waals surface area contributed by atoms with Crippen molar-refractivity contribution in [2.24, 2.45) is 5.92 Å². The number of ether oxygens (including phenoxy) is 1. The molecule has 3 aromatic carbocycles. The van der Waals surface area contributed by atoms with Gasteiger partial charge in [-0.25, -0.2) is 0 Å². The maximum Gasteiger partial charge on any atom is 0.306 e. The summed E-state index contributed by atoms with van der Waals surface area (Å²) < 4.78 is 6.05. The zero-order chi connectivity index (χ0) is 18.8. The number of aliphatic carboxylic acids is 1. The number of rotatable bonds is 4. The van der Waals surface area contributed by atoms with E-state index in [4.69, 9.17) is 16.3 Å². The summed E-state index contributed by atoms with van der Waals surface area (Å²) in [5.74, 6) is 0.432. The van der Waals surface area contributed by atoms with Crippen LogP contribution in [-0.4, -0.2) is 11.1 Å². The number of carboxylic acid groups (broad SMARTS) is 1. The first-order valence-electron chi connectivity index (χ1n) is 8.97. The minimum absolute atomic E-state index is 0.307. The Labute approximate surface area is 163 Å². The molecule has 0 radical (unpaired) electrons. The van der Waals surface area contributed by atoms with Gasteiger partial charge in [0, 0.05) is 5.02 Å². The van der Waals surface area contributed by atoms with E-state index in [0.29, 0.717) is 17.9 Å². The van der Waals surface area contributed by atoms with Crippen molar-refractivity contribution in [2.45, 2.75) is 19.3 Å². The van der Waals surface area contributed by atoms with Gasteiger partial charge in [-0.2, -0.15) is 0 Å². The molecule has 1 N–H and O–H groups in total. The molecule has 0 amide bonds. The van der Waals surface area contributed by atoms with Gasteiger partial charge in [0.15, 0.2) is 0 Å². The Morgan fingerprint density at radius 1 is 0.926 bits per heavy atom. The van der Waals surface area contributed by atoms with Crippen molar-refractivity contribution in [1.29, 1.82) is 0 Å². The van der Waals surface area contributed by atoms with E-state index >= 15 is 0 Å². The molecule has 0 aliphatic heterocycles. The summed E-state index contributed by atoms with van der Waals surface area (Å²) in [4.78, 5) is 11.3. The number of aryl methyl sites for hydroxylation is 1. The number of hydrogen-bond donors (Lipinski definition) is 1. The summed E-state index contributed by atoms with van der Waals surface area (Å²) in [6.45, 7) is 0. The van der Waals surface area contributed by atoms with Crippen LogP contribution in [0.25, 0.3) is 11.1 Å². The van der Waals surface area contributed by atoms with E-state index < -0.39 is 5.97 Å². The average Bonchev–Trinajstić information content (AvgIpc) is 2.67. The molecule has 27 heavy (non-hydrogen) atoms. The summed E-state index contributed by atoms with van der Waals surface area (Å²) in [5, 5.41) is 9.98. The zero-order valence-corrected chi connectivity index (χ0v) is 15.4. The lowest BCUT2D eigenvalue weighted by atomic mass is 9.84. The van der Waals surface area contributed by atoms with Gasteiger partial charge >= 0.3 is 5.97 Å². The molecular weight excluding hydrogens is 360 g/mol. The van der Waals surface area contributed by atoms with Gasteiger partial charge in [0.25, 0.3) is 0 Å². The lowest BCUT2D eigenvalue weighted by Gasteiger charge is -2.22. The quantitative estimate of drug-likeness (QED) is 0.606. The molecular formula is C23H19ClO3. The second-order valence-electron chi connectivity index (χ2n) is 6.85. The van der Waals surface area contributed by atoms with Gasteiger partial charge in [0.1, 0.15) is 11.5 Å². The monoisotopic (exact) mass is 378 g/mol. The molecule has 1 atom stereocenters. The Balaban J connectivity index is 1.57. The fourth-order valence-corrected chi connectivity index (χ4v) is 3.74. The van der Waals surface area contributed by atoms with E-state index in [2.05, 4.69) is 0 Å². The van der Waals surface area contributed by atoms with Gasteiger partial charge < -0.3 is 9.84 Å². The van der Waals surface area contributed by atoms with Crippen LogP contribution in [0.1, 0.15) is 17.5 Å². The Morgan fingerprint density at radius 2 is 1.67 bits per heavy atom. The Morgan fingerprint density at radius 3 is 2.44 bits per heavy atom. The van der Waals surface area contributed by atoms with Gasteiger partial charge in [0.05, 0.1) is 5.92 Å². The second-order valence-corrected chi connectivity index (χ2v) is 7.29. The summed E-state index contributed by atoms with van der Waals surface area (Å²) in [6, 6.07) is 21.5. The van der Waals surface area contributed by atoms with E-state index in [1.165, 1.54) is 5.56 Å². The van der Waals surface area contributed by atoms with Crippen molar-refractivity contribution in [2.75, 3.05) is 0 Å². The van der Waals surface area contributed by atoms with Crippen molar-refractivity contribution < 1.29 is 14.6 Å². The highest BCUT2D eigenvalue weighted by Crippen LogP contribution is 2.32. The lowest BCUT2D eigenvalue weighted by Crippen LogP contribution is -2.22. The Bertz CT molecular complexity index is 996. The summed E-state index contributed by atoms with van der Waals surface area (Å²) >= 11 is 6.09. The number of halogens is 1. The largest absolute Gasteiger partial charge is 0.481 e. The molecule has 136 valence electrons. The smallest absolute Gasteiger partial charge is 0.306 e. The molecule has 1 aliphatic rings. The minimum Gasteiger partial charge on any atom is -0.481 e. The number of benzene rings is 3. The molecule has 1 unspecified atom stereocenters. The fraction of sp³-hybridized carbons (Fsp3) is 0.174. The molecule has 3 aromatic rings. The molecule has 0 saturated carbocycles. The minimum atomic E-state index is -0.721. The summed E-state index contributed by atoms with van der Waals surface area (Å²) in [7, 11) is 0. The van der Waals surface area contributed by atoms with Crippen LogP contribution in [-0.2, 0) is 17.6 Å². The van der Waals surface area contributed by atoms with E-state index in [1.54, 1.807) is 0 Å². The number of hydrogen-bond acceptors (Lipinski definition) is 2. The molecule has 4 rings (SSSR count). The number of carbonyl (C=O) groups is 1. The molecule has 0 spiro atoms. The fourth-order valence-electron chi connectivity index (χ4n) is 3.55. The first kappa shape index (κ1) is 17.6. The molecule has 0 aromatic heterocycles. The van der Waals surface area contributed by atoms with Crippen molar-refractivity contribution in [3.63, 3.8) is 0 Å². The third-order valence-corrected chi connectivity index (χ3v) is 5.22. The van der Waals surface area contributed by atoms with E-state index in [-0.39, 0.29) is 5.92 Å². The van der Waals surface area contributed by atoms with Gasteiger partial charge in [-0.15, -0.1) is 0 Å². The molecule has 3 nitrogen and oxygen atoms in total. The molecule has 1 aliphatic carbocycles. The highest BCUT2D eigenvalue weighted by atomic mass is 35.5. The maximum absolute atomic E-state index is 11.3. The third kappa shape index (κ3) is 3.99. The van der Waals surface area contributed by atoms with Crippen molar-refractivity contribution in [3.8, 4) is 22.6 Å². The summed E-state index contributed by atoms with van der Waals surface area (Å²) in [5.41, 5.74) is 4.34. The lowest BCUT2D eigenvalue weighted by molar-refractivity contribution is -0.142. The van der Waals surface area contributed by atoms with Crippen molar-refractivity contribution in [1.82, 2.24) is 0 Å². The van der Waals surface area contributed by atoms with Crippen LogP contribution < -0.4 is 4.74 Å². The van der Waals surface area contributed by atoms with Crippen LogP contribution >= 0.6 is 11.6 Å². The Hall–Kier alpha value is -2.78. The standard InChI is InChI=1S/C23H19ClO3/c24-20-5-1-3-16(12-20)17-4-2-6-21(13-17)27-22-10-9-15-7-8-18(23(25)26)11-19(15)14-22/h1-6,9-10,12-14,18H,7-8,11H2,(H,25,26). The maximum atomic E-state index is 11.3. The number of fused-ring (bicyclic) bond motifs is 1. The molecule has 0 saturated heterocycles. The molecule has 0 heterocycles. The van der Waals surface area contributed by atoms with Crippen molar-refractivity contribution >= 4 is 17.6 Å². The van der Waals surface area contributed by atoms with Gasteiger partial charge in [-0.3, -0.25) is 4.79 Å². The third-order valence-electron chi connectivity index (χ3n) is 4.98. The normalized spacial score (nSPS) is 15.8. The van der Waals surface area contributed by atoms with Crippen LogP contribution in [0.3, 0.4) is 0 Å². The van der Waals surface area contributed by atoms with Crippen LogP contribution in [0.5, 0.6) is 11.5 Å². The SMILES string of the molecule is O=C(O)C1CCc2ccc(Oc3cccc(-c4cccc(Cl)c4)c3)cc2C1. The first-order chi connectivity index (χ1) is 13.1. The summed E-state index contributed by atoms with van der Waals surface area (Å²) in [6.07, 6.45) is 2.06. The van der Waals surface area contributed by atoms with Crippen molar-refractivity contribution in [3.05, 3.63) is 82.9 Å². The van der Waals surface area contributed by atoms with Gasteiger partial charge in [-0.1, -0.05) is 41.9 Å². The molecule has 0 bridgehead atoms. The predicted octanol–water partition coefficient (Wildman–Crippen LogP) is 5.99. The van der Waals surface area contributed by atoms with Crippen LogP contribution in [0.2, 0.25) is 5.02 Å². The topological polar surface area (TPSA) is 46.5 Å². The van der Waals surface area contributed by atoms with Crippen LogP contribution in [0, 0.1) is 5.92 Å². The highest BCUT2D eigenvalue weighted by Gasteiger charge is 2.24. The van der Waals surface area contributed by atoms with E-state index in [9.17, 15) is 9.90 Å². The zero-order valence-electron chi connectivity index (χ0n) is 14.7. The van der Waals surface area contributed by atoms with Gasteiger partial charge in [0.2, 0.25) is 0 Å². The highest BCUT2D eigenvalue weighted by molar-refractivity contribution is 6.30. The molecule has 0 fully saturated rings. The van der Waals surface area contributed by atoms with E-state index in [0.717, 1.165) is 34.6 Å². The average molecular weight is 379 g/mol. The van der Waals surface area contributed by atoms with Crippen LogP contribution in [0.4, 0.5) is 0 Å². The molecule has 4 heteroatoms. The van der Waals surface area contributed by atoms with E-state index in [1.807, 2.05) is 66.7 Å². The predicted molar refractivity (Wildman–Crippen MR) is 107 cm³/mol. The Kier molecular flexibility index (Phi) is 4.87. The second kappa shape index (κ2) is 7.45. The number of carboxylic acids is 1. The van der Waals surface area contributed by atoms with Crippen LogP contribution in [0.15, 0.2) is 66.7 Å². The van der Waals surface area contributed by atoms with Gasteiger partial charge in [-0.05, 0) is 77.9 Å².